The minimum Gasteiger partial charge on any atom is -0.353 e. The van der Waals surface area contributed by atoms with E-state index in [-0.39, 0.29) is 11.7 Å². The van der Waals surface area contributed by atoms with Gasteiger partial charge in [-0.25, -0.2) is 0 Å². The lowest BCUT2D eigenvalue weighted by Crippen LogP contribution is -2.42. The Morgan fingerprint density at radius 2 is 1.93 bits per heavy atom. The molecule has 1 aliphatic heterocycles. The Hall–Kier alpha value is -0.900. The summed E-state index contributed by atoms with van der Waals surface area (Å²) in [6.07, 6.45) is 2.67. The smallest absolute Gasteiger partial charge is 0.220 e. The predicted octanol–water partition coefficient (Wildman–Crippen LogP) is 0.224. The van der Waals surface area contributed by atoms with Gasteiger partial charge in [0.15, 0.2) is 0 Å². The Balaban J connectivity index is 2.15. The van der Waals surface area contributed by atoms with Gasteiger partial charge < -0.3 is 15.4 Å². The Morgan fingerprint density at radius 1 is 1.29 bits per heavy atom. The molecule has 1 fully saturated rings. The summed E-state index contributed by atoms with van der Waals surface area (Å²) in [5.74, 6) is 0.0811. The monoisotopic (exact) mass is 198 g/mol. The molecule has 1 amide bonds. The third-order valence-electron chi connectivity index (χ3n) is 2.41. The number of nitrogens with one attached hydrogen (secondary N) is 2. The minimum absolute atomic E-state index is 0.00657. The molecular weight excluding hydrogens is 180 g/mol. The Kier molecular flexibility index (Phi) is 4.59. The number of carbonyl (C=O) groups is 2. The quantitative estimate of drug-likeness (QED) is 0.679. The van der Waals surface area contributed by atoms with Gasteiger partial charge in [-0.15, -0.1) is 0 Å². The Labute approximate surface area is 84.4 Å². The third-order valence-corrected chi connectivity index (χ3v) is 2.41. The second kappa shape index (κ2) is 5.75. The highest BCUT2D eigenvalue weighted by Gasteiger charge is 2.14. The molecular formula is C10H18N2O2. The first kappa shape index (κ1) is 11.2. The molecule has 1 saturated heterocycles. The van der Waals surface area contributed by atoms with E-state index < -0.39 is 0 Å². The summed E-state index contributed by atoms with van der Waals surface area (Å²) in [6, 6.07) is 0.302. The first-order valence-corrected chi connectivity index (χ1v) is 5.18. The first-order valence-electron chi connectivity index (χ1n) is 5.18. The van der Waals surface area contributed by atoms with Crippen molar-refractivity contribution in [3.05, 3.63) is 0 Å². The summed E-state index contributed by atoms with van der Waals surface area (Å²) in [6.45, 7) is 3.45. The molecule has 14 heavy (non-hydrogen) atoms. The van der Waals surface area contributed by atoms with Crippen molar-refractivity contribution in [2.24, 2.45) is 0 Å². The largest absolute Gasteiger partial charge is 0.353 e. The normalized spacial score (nSPS) is 17.8. The van der Waals surface area contributed by atoms with Crippen LogP contribution in [0.5, 0.6) is 0 Å². The van der Waals surface area contributed by atoms with Crippen molar-refractivity contribution >= 4 is 11.7 Å². The lowest BCUT2D eigenvalue weighted by atomic mass is 10.1. The van der Waals surface area contributed by atoms with Crippen LogP contribution in [-0.2, 0) is 9.59 Å². The number of amides is 1. The van der Waals surface area contributed by atoms with E-state index in [9.17, 15) is 9.59 Å². The molecule has 1 rings (SSSR count). The highest BCUT2D eigenvalue weighted by atomic mass is 16.2. The van der Waals surface area contributed by atoms with E-state index in [1.807, 2.05) is 0 Å². The van der Waals surface area contributed by atoms with Crippen LogP contribution in [-0.4, -0.2) is 30.8 Å². The van der Waals surface area contributed by atoms with Gasteiger partial charge in [-0.2, -0.15) is 0 Å². The van der Waals surface area contributed by atoms with Crippen LogP contribution in [0.15, 0.2) is 0 Å². The van der Waals surface area contributed by atoms with Crippen molar-refractivity contribution in [1.29, 1.82) is 0 Å². The summed E-state index contributed by atoms with van der Waals surface area (Å²) in [7, 11) is 0. The van der Waals surface area contributed by atoms with Gasteiger partial charge in [-0.3, -0.25) is 4.79 Å². The Bertz CT molecular complexity index is 210. The van der Waals surface area contributed by atoms with Crippen molar-refractivity contribution in [3.63, 3.8) is 0 Å². The average molecular weight is 198 g/mol. The number of piperidine rings is 1. The molecule has 0 aromatic carbocycles. The van der Waals surface area contributed by atoms with Gasteiger partial charge >= 0.3 is 0 Å². The molecule has 0 aliphatic carbocycles. The number of hydrogen-bond acceptors (Lipinski definition) is 3. The number of rotatable bonds is 4. The van der Waals surface area contributed by atoms with E-state index in [1.54, 1.807) is 0 Å². The molecule has 0 aromatic rings. The summed E-state index contributed by atoms with van der Waals surface area (Å²) in [5.41, 5.74) is 0. The Morgan fingerprint density at radius 3 is 2.50 bits per heavy atom. The van der Waals surface area contributed by atoms with Gasteiger partial charge in [0.05, 0.1) is 0 Å². The van der Waals surface area contributed by atoms with Crippen LogP contribution in [0, 0.1) is 0 Å². The maximum Gasteiger partial charge on any atom is 0.220 e. The minimum atomic E-state index is 0.00657. The van der Waals surface area contributed by atoms with Crippen LogP contribution >= 0.6 is 0 Å². The van der Waals surface area contributed by atoms with Crippen molar-refractivity contribution in [3.8, 4) is 0 Å². The molecule has 4 nitrogen and oxygen atoms in total. The van der Waals surface area contributed by atoms with Crippen LogP contribution in [0.4, 0.5) is 0 Å². The van der Waals surface area contributed by atoms with Crippen LogP contribution < -0.4 is 10.6 Å². The highest BCUT2D eigenvalue weighted by Crippen LogP contribution is 2.02. The molecule has 0 aromatic heterocycles. The predicted molar refractivity (Wildman–Crippen MR) is 53.9 cm³/mol. The van der Waals surface area contributed by atoms with E-state index in [0.29, 0.717) is 18.9 Å². The molecule has 2 N–H and O–H groups in total. The zero-order valence-electron chi connectivity index (χ0n) is 8.64. The van der Waals surface area contributed by atoms with Crippen LogP contribution in [0.3, 0.4) is 0 Å². The number of ketones is 1. The molecule has 1 heterocycles. The second-order valence-corrected chi connectivity index (χ2v) is 3.79. The molecule has 0 spiro atoms. The summed E-state index contributed by atoms with van der Waals surface area (Å²) in [5, 5.41) is 6.18. The van der Waals surface area contributed by atoms with Crippen molar-refractivity contribution in [2.45, 2.75) is 38.6 Å². The van der Waals surface area contributed by atoms with Gasteiger partial charge in [0.25, 0.3) is 0 Å². The van der Waals surface area contributed by atoms with E-state index in [4.69, 9.17) is 0 Å². The standard InChI is InChI=1S/C10H18N2O2/c1-8(13)2-3-10(14)12-9-4-6-11-7-5-9/h9,11H,2-7H2,1H3,(H,12,14). The zero-order valence-corrected chi connectivity index (χ0v) is 8.64. The van der Waals surface area contributed by atoms with Crippen molar-refractivity contribution in [1.82, 2.24) is 10.6 Å². The van der Waals surface area contributed by atoms with E-state index >= 15 is 0 Å². The number of Topliss-reactive ketones (excluding diaryl/α,β-unsaturated/α-hetero) is 1. The lowest BCUT2D eigenvalue weighted by molar-refractivity contribution is -0.125. The number of hydrogen-bond donors (Lipinski definition) is 2. The van der Waals surface area contributed by atoms with Gasteiger partial charge in [-0.05, 0) is 32.9 Å². The summed E-state index contributed by atoms with van der Waals surface area (Å²) < 4.78 is 0. The van der Waals surface area contributed by atoms with E-state index in [0.717, 1.165) is 25.9 Å². The first-order chi connectivity index (χ1) is 6.68. The number of carbonyl (C=O) groups excluding carboxylic acids is 2. The van der Waals surface area contributed by atoms with Gasteiger partial charge in [-0.1, -0.05) is 0 Å². The maximum absolute atomic E-state index is 11.3. The van der Waals surface area contributed by atoms with Gasteiger partial charge in [0, 0.05) is 18.9 Å². The second-order valence-electron chi connectivity index (χ2n) is 3.79. The summed E-state index contributed by atoms with van der Waals surface area (Å²) >= 11 is 0. The SMILES string of the molecule is CC(=O)CCC(=O)NC1CCNCC1. The molecule has 0 unspecified atom stereocenters. The molecule has 0 atom stereocenters. The van der Waals surface area contributed by atoms with Crippen molar-refractivity contribution < 1.29 is 9.59 Å². The molecule has 0 saturated carbocycles. The average Bonchev–Trinajstić information content (AvgIpc) is 2.16. The topological polar surface area (TPSA) is 58.2 Å². The van der Waals surface area contributed by atoms with E-state index in [1.165, 1.54) is 6.92 Å². The molecule has 4 heteroatoms. The fraction of sp³-hybridized carbons (Fsp3) is 0.800. The molecule has 1 aliphatic rings. The van der Waals surface area contributed by atoms with Crippen LogP contribution in [0.2, 0.25) is 0 Å². The molecule has 0 radical (unpaired) electrons. The van der Waals surface area contributed by atoms with Crippen LogP contribution in [0.1, 0.15) is 32.6 Å². The molecule has 0 bridgehead atoms. The maximum atomic E-state index is 11.3. The van der Waals surface area contributed by atoms with Gasteiger partial charge in [0.1, 0.15) is 5.78 Å². The van der Waals surface area contributed by atoms with Gasteiger partial charge in [0.2, 0.25) is 5.91 Å². The summed E-state index contributed by atoms with van der Waals surface area (Å²) in [4.78, 5) is 22.0. The fourth-order valence-electron chi connectivity index (χ4n) is 1.56. The van der Waals surface area contributed by atoms with Crippen LogP contribution in [0.25, 0.3) is 0 Å². The fourth-order valence-corrected chi connectivity index (χ4v) is 1.56. The van der Waals surface area contributed by atoms with E-state index in [2.05, 4.69) is 10.6 Å². The third kappa shape index (κ3) is 4.37. The lowest BCUT2D eigenvalue weighted by Gasteiger charge is -2.23. The zero-order chi connectivity index (χ0) is 10.4. The highest BCUT2D eigenvalue weighted by molar-refractivity contribution is 5.83. The molecule has 80 valence electrons. The van der Waals surface area contributed by atoms with Crippen molar-refractivity contribution in [2.75, 3.05) is 13.1 Å².